The SMILES string of the molecule is CCCCCCCCCCCNC(=O)CCCCCNCCCCCN.CCCCCCCCCCCNC(=O)CCN(CCN)CCCCCC. The molecule has 8 heteroatoms. The Labute approximate surface area is 325 Å². The maximum atomic E-state index is 12.0. The van der Waals surface area contributed by atoms with Gasteiger partial charge in [-0.15, -0.1) is 0 Å². The number of hydrogen-bond donors (Lipinski definition) is 5. The number of carbonyl (C=O) groups excluding carboxylic acids is 2. The number of nitrogens with one attached hydrogen (secondary N) is 3. The van der Waals surface area contributed by atoms with E-state index in [1.807, 2.05) is 0 Å². The second kappa shape index (κ2) is 47.8. The van der Waals surface area contributed by atoms with E-state index in [9.17, 15) is 9.59 Å². The number of unbranched alkanes of at least 4 members (excludes halogenated alkanes) is 23. The summed E-state index contributed by atoms with van der Waals surface area (Å²) < 4.78 is 0. The maximum Gasteiger partial charge on any atom is 0.221 e. The van der Waals surface area contributed by atoms with Crippen molar-refractivity contribution in [2.75, 3.05) is 58.9 Å². The maximum absolute atomic E-state index is 12.0. The molecule has 0 saturated heterocycles. The highest BCUT2D eigenvalue weighted by Gasteiger charge is 2.07. The van der Waals surface area contributed by atoms with E-state index < -0.39 is 0 Å². The standard InChI is InChI=1S/2C22H47N3O/c1-3-5-7-9-10-11-12-13-14-18-24-22(26)16-20-25(21-17-23)19-15-8-6-4-2;1-2-3-4-5-6-7-8-9-16-21-25-22(26)17-12-10-14-19-24-20-15-11-13-18-23/h3-21,23H2,1-2H3,(H,24,26);24H,2-21,23H2,1H3,(H,25,26). The Morgan fingerprint density at radius 3 is 1.23 bits per heavy atom. The Bertz CT molecular complexity index is 670. The molecule has 0 aliphatic rings. The topological polar surface area (TPSA) is 126 Å². The van der Waals surface area contributed by atoms with Gasteiger partial charge in [-0.05, 0) is 71.1 Å². The van der Waals surface area contributed by atoms with Crippen molar-refractivity contribution in [2.24, 2.45) is 11.5 Å². The van der Waals surface area contributed by atoms with Crippen molar-refractivity contribution in [3.05, 3.63) is 0 Å². The highest BCUT2D eigenvalue weighted by molar-refractivity contribution is 5.76. The zero-order valence-corrected chi connectivity index (χ0v) is 35.5. The third-order valence-corrected chi connectivity index (χ3v) is 9.95. The summed E-state index contributed by atoms with van der Waals surface area (Å²) in [6.45, 7) is 14.9. The summed E-state index contributed by atoms with van der Waals surface area (Å²) in [7, 11) is 0. The summed E-state index contributed by atoms with van der Waals surface area (Å²) in [5, 5.41) is 9.61. The monoisotopic (exact) mass is 739 g/mol. The second-order valence-corrected chi connectivity index (χ2v) is 15.2. The molecule has 0 radical (unpaired) electrons. The first-order chi connectivity index (χ1) is 25.5. The first-order valence-corrected chi connectivity index (χ1v) is 22.9. The van der Waals surface area contributed by atoms with E-state index in [0.717, 1.165) is 84.5 Å². The fraction of sp³-hybridized carbons (Fsp3) is 0.955. The molecule has 0 aromatic heterocycles. The van der Waals surface area contributed by atoms with Crippen molar-refractivity contribution in [2.45, 2.75) is 213 Å². The van der Waals surface area contributed by atoms with Gasteiger partial charge in [-0.1, -0.05) is 156 Å². The molecule has 0 saturated carbocycles. The molecule has 312 valence electrons. The molecule has 7 N–H and O–H groups in total. The smallest absolute Gasteiger partial charge is 0.221 e. The molecule has 0 spiro atoms. The van der Waals surface area contributed by atoms with E-state index in [1.54, 1.807) is 0 Å². The van der Waals surface area contributed by atoms with Crippen LogP contribution in [0.2, 0.25) is 0 Å². The molecule has 0 aliphatic carbocycles. The van der Waals surface area contributed by atoms with Crippen LogP contribution in [-0.4, -0.2) is 75.6 Å². The average molecular weight is 739 g/mol. The first-order valence-electron chi connectivity index (χ1n) is 22.9. The van der Waals surface area contributed by atoms with Crippen molar-refractivity contribution in [3.8, 4) is 0 Å². The van der Waals surface area contributed by atoms with Crippen LogP contribution in [0.1, 0.15) is 213 Å². The molecule has 0 rings (SSSR count). The highest BCUT2D eigenvalue weighted by atomic mass is 16.2. The van der Waals surface area contributed by atoms with Crippen LogP contribution in [0.15, 0.2) is 0 Å². The molecule has 0 aromatic carbocycles. The van der Waals surface area contributed by atoms with Crippen LogP contribution in [0.5, 0.6) is 0 Å². The number of amides is 2. The van der Waals surface area contributed by atoms with Crippen LogP contribution in [0, 0.1) is 0 Å². The number of carbonyl (C=O) groups is 2. The molecule has 0 fully saturated rings. The third-order valence-electron chi connectivity index (χ3n) is 9.95. The van der Waals surface area contributed by atoms with E-state index >= 15 is 0 Å². The van der Waals surface area contributed by atoms with E-state index in [2.05, 4.69) is 41.6 Å². The van der Waals surface area contributed by atoms with Crippen LogP contribution in [-0.2, 0) is 9.59 Å². The number of nitrogens with two attached hydrogens (primary N) is 2. The zero-order chi connectivity index (χ0) is 38.4. The largest absolute Gasteiger partial charge is 0.356 e. The highest BCUT2D eigenvalue weighted by Crippen LogP contribution is 2.10. The fourth-order valence-electron chi connectivity index (χ4n) is 6.45. The lowest BCUT2D eigenvalue weighted by atomic mass is 10.1. The molecule has 0 atom stereocenters. The van der Waals surface area contributed by atoms with E-state index in [1.165, 1.54) is 148 Å². The molecule has 0 bridgehead atoms. The molecule has 0 aromatic rings. The van der Waals surface area contributed by atoms with Gasteiger partial charge >= 0.3 is 0 Å². The molecule has 0 aliphatic heterocycles. The Morgan fingerprint density at radius 2 is 0.769 bits per heavy atom. The lowest BCUT2D eigenvalue weighted by Crippen LogP contribution is -2.35. The van der Waals surface area contributed by atoms with Crippen LogP contribution < -0.4 is 27.4 Å². The van der Waals surface area contributed by atoms with Gasteiger partial charge in [0.05, 0.1) is 0 Å². The minimum absolute atomic E-state index is 0.195. The molecule has 8 nitrogen and oxygen atoms in total. The third kappa shape index (κ3) is 46.8. The summed E-state index contributed by atoms with van der Waals surface area (Å²) in [6.07, 6.45) is 37.1. The van der Waals surface area contributed by atoms with Gasteiger partial charge in [-0.25, -0.2) is 0 Å². The molecule has 0 heterocycles. The van der Waals surface area contributed by atoms with Gasteiger partial charge < -0.3 is 32.3 Å². The summed E-state index contributed by atoms with van der Waals surface area (Å²) in [6, 6.07) is 0. The summed E-state index contributed by atoms with van der Waals surface area (Å²) in [5.74, 6) is 0.430. The Morgan fingerprint density at radius 1 is 0.385 bits per heavy atom. The predicted octanol–water partition coefficient (Wildman–Crippen LogP) is 9.78. The number of nitrogens with zero attached hydrogens (tertiary/aromatic N) is 1. The van der Waals surface area contributed by atoms with Crippen LogP contribution in [0.3, 0.4) is 0 Å². The van der Waals surface area contributed by atoms with Crippen molar-refractivity contribution in [1.82, 2.24) is 20.9 Å². The van der Waals surface area contributed by atoms with Gasteiger partial charge in [0, 0.05) is 45.6 Å². The van der Waals surface area contributed by atoms with Crippen molar-refractivity contribution in [3.63, 3.8) is 0 Å². The minimum Gasteiger partial charge on any atom is -0.356 e. The van der Waals surface area contributed by atoms with E-state index in [0.29, 0.717) is 19.4 Å². The van der Waals surface area contributed by atoms with Crippen LogP contribution in [0.4, 0.5) is 0 Å². The van der Waals surface area contributed by atoms with E-state index in [4.69, 9.17) is 11.5 Å². The summed E-state index contributed by atoms with van der Waals surface area (Å²) in [5.41, 5.74) is 11.2. The molecular formula is C44H94N6O2. The zero-order valence-electron chi connectivity index (χ0n) is 35.5. The van der Waals surface area contributed by atoms with Gasteiger partial charge in [0.15, 0.2) is 0 Å². The lowest BCUT2D eigenvalue weighted by molar-refractivity contribution is -0.122. The molecular weight excluding hydrogens is 645 g/mol. The first kappa shape index (κ1) is 52.9. The van der Waals surface area contributed by atoms with Crippen molar-refractivity contribution in [1.29, 1.82) is 0 Å². The molecule has 0 unspecified atom stereocenters. The van der Waals surface area contributed by atoms with Gasteiger partial charge in [-0.3, -0.25) is 9.59 Å². The van der Waals surface area contributed by atoms with Gasteiger partial charge in [-0.2, -0.15) is 0 Å². The number of rotatable bonds is 41. The Kier molecular flexibility index (Phi) is 48.6. The Hall–Kier alpha value is -1.22. The second-order valence-electron chi connectivity index (χ2n) is 15.2. The number of hydrogen-bond acceptors (Lipinski definition) is 6. The Balaban J connectivity index is 0. The molecule has 52 heavy (non-hydrogen) atoms. The van der Waals surface area contributed by atoms with Crippen molar-refractivity contribution >= 4 is 11.8 Å². The van der Waals surface area contributed by atoms with Gasteiger partial charge in [0.1, 0.15) is 0 Å². The summed E-state index contributed by atoms with van der Waals surface area (Å²) in [4.78, 5) is 26.1. The minimum atomic E-state index is 0.195. The van der Waals surface area contributed by atoms with Crippen LogP contribution in [0.25, 0.3) is 0 Å². The molecule has 2 amide bonds. The van der Waals surface area contributed by atoms with Crippen LogP contribution >= 0.6 is 0 Å². The average Bonchev–Trinajstić information content (AvgIpc) is 3.15. The predicted molar refractivity (Wildman–Crippen MR) is 229 cm³/mol. The van der Waals surface area contributed by atoms with Gasteiger partial charge in [0.2, 0.25) is 11.8 Å². The van der Waals surface area contributed by atoms with Crippen molar-refractivity contribution < 1.29 is 9.59 Å². The lowest BCUT2D eigenvalue weighted by Gasteiger charge is -2.21. The quantitative estimate of drug-likeness (QED) is 0.0398. The fourth-order valence-corrected chi connectivity index (χ4v) is 6.45. The normalized spacial score (nSPS) is 11.1. The summed E-state index contributed by atoms with van der Waals surface area (Å²) >= 11 is 0. The van der Waals surface area contributed by atoms with Gasteiger partial charge in [0.25, 0.3) is 0 Å². The van der Waals surface area contributed by atoms with E-state index in [-0.39, 0.29) is 11.8 Å².